The van der Waals surface area contributed by atoms with Gasteiger partial charge in [0.25, 0.3) is 5.91 Å². The number of methoxy groups -OCH3 is 2. The number of H-pyrrole nitrogens is 1. The van der Waals surface area contributed by atoms with E-state index in [1.807, 2.05) is 18.2 Å². The minimum absolute atomic E-state index is 0.135. The van der Waals surface area contributed by atoms with Gasteiger partial charge in [-0.05, 0) is 43.4 Å². The zero-order chi connectivity index (χ0) is 26.4. The van der Waals surface area contributed by atoms with Crippen molar-refractivity contribution in [2.45, 2.75) is 63.5 Å². The summed E-state index contributed by atoms with van der Waals surface area (Å²) in [4.78, 5) is 54.4. The third-order valence-electron chi connectivity index (χ3n) is 7.49. The summed E-state index contributed by atoms with van der Waals surface area (Å²) in [5.41, 5.74) is 1.06. The normalized spacial score (nSPS) is 19.6. The Labute approximate surface area is 216 Å². The van der Waals surface area contributed by atoms with Gasteiger partial charge in [0, 0.05) is 23.4 Å². The summed E-state index contributed by atoms with van der Waals surface area (Å²) in [5.74, 6) is -1.06. The quantitative estimate of drug-likeness (QED) is 0.361. The van der Waals surface area contributed by atoms with Crippen molar-refractivity contribution in [2.24, 2.45) is 11.8 Å². The molecule has 10 nitrogen and oxygen atoms in total. The topological polar surface area (TPSA) is 139 Å². The van der Waals surface area contributed by atoms with Crippen LogP contribution in [0.5, 0.6) is 5.75 Å². The maximum Gasteiger partial charge on any atom is 0.328 e. The number of benzene rings is 1. The van der Waals surface area contributed by atoms with Crippen molar-refractivity contribution in [3.05, 3.63) is 30.0 Å². The van der Waals surface area contributed by atoms with Crippen molar-refractivity contribution >= 4 is 34.6 Å². The zero-order valence-electron chi connectivity index (χ0n) is 21.4. The molecule has 1 unspecified atom stereocenters. The highest BCUT2D eigenvalue weighted by atomic mass is 16.5. The predicted molar refractivity (Wildman–Crippen MR) is 137 cm³/mol. The fourth-order valence-corrected chi connectivity index (χ4v) is 5.43. The number of esters is 1. The van der Waals surface area contributed by atoms with Crippen LogP contribution in [0.15, 0.2) is 24.3 Å². The molecule has 2 heterocycles. The number of carbonyl (C=O) groups is 4. The third-order valence-corrected chi connectivity index (χ3v) is 7.49. The van der Waals surface area contributed by atoms with Crippen LogP contribution in [0.1, 0.15) is 61.9 Å². The van der Waals surface area contributed by atoms with Crippen molar-refractivity contribution in [2.75, 3.05) is 20.8 Å². The summed E-state index contributed by atoms with van der Waals surface area (Å²) in [6, 6.07) is 5.38. The van der Waals surface area contributed by atoms with E-state index in [1.165, 1.54) is 13.5 Å². The number of ether oxygens (including phenoxy) is 2. The van der Waals surface area contributed by atoms with E-state index in [2.05, 4.69) is 20.9 Å². The molecular formula is C27H36N4O6. The van der Waals surface area contributed by atoms with E-state index in [4.69, 9.17) is 9.47 Å². The average Bonchev–Trinajstić information content (AvgIpc) is 3.53. The maximum atomic E-state index is 13.5. The molecule has 2 aromatic rings. The Bertz CT molecular complexity index is 1140. The van der Waals surface area contributed by atoms with E-state index < -0.39 is 29.9 Å². The Kier molecular flexibility index (Phi) is 8.68. The van der Waals surface area contributed by atoms with Gasteiger partial charge in [-0.1, -0.05) is 38.2 Å². The molecule has 1 saturated heterocycles. The van der Waals surface area contributed by atoms with Crippen LogP contribution in [0.2, 0.25) is 0 Å². The van der Waals surface area contributed by atoms with Crippen LogP contribution in [-0.4, -0.2) is 61.5 Å². The molecule has 4 rings (SSSR count). The first kappa shape index (κ1) is 26.5. The maximum absolute atomic E-state index is 13.5. The summed E-state index contributed by atoms with van der Waals surface area (Å²) in [6.45, 7) is 0.543. The molecule has 200 valence electrons. The summed E-state index contributed by atoms with van der Waals surface area (Å²) < 4.78 is 10.3. The Balaban J connectivity index is 1.51. The molecule has 3 atom stereocenters. The van der Waals surface area contributed by atoms with Crippen molar-refractivity contribution in [3.8, 4) is 5.75 Å². The number of fused-ring (bicyclic) bond motifs is 1. The van der Waals surface area contributed by atoms with Gasteiger partial charge >= 0.3 is 5.97 Å². The summed E-state index contributed by atoms with van der Waals surface area (Å²) >= 11 is 0. The molecule has 0 radical (unpaired) electrons. The summed E-state index contributed by atoms with van der Waals surface area (Å²) in [5, 5.41) is 9.18. The van der Waals surface area contributed by atoms with Crippen LogP contribution >= 0.6 is 0 Å². The fraction of sp³-hybridized carbons (Fsp3) is 0.556. The minimum atomic E-state index is -0.977. The lowest BCUT2D eigenvalue weighted by Crippen LogP contribution is -2.53. The molecule has 2 fully saturated rings. The Morgan fingerprint density at radius 2 is 1.81 bits per heavy atom. The van der Waals surface area contributed by atoms with E-state index in [1.54, 1.807) is 13.2 Å². The monoisotopic (exact) mass is 512 g/mol. The van der Waals surface area contributed by atoms with Crippen LogP contribution in [0.3, 0.4) is 0 Å². The van der Waals surface area contributed by atoms with Gasteiger partial charge < -0.3 is 30.4 Å². The number of hydrogen-bond donors (Lipinski definition) is 4. The first-order chi connectivity index (χ1) is 17.9. The van der Waals surface area contributed by atoms with Crippen LogP contribution in [0.4, 0.5) is 0 Å². The van der Waals surface area contributed by atoms with Crippen LogP contribution in [-0.2, 0) is 19.1 Å². The number of hydrogen-bond acceptors (Lipinski definition) is 6. The molecular weight excluding hydrogens is 476 g/mol. The number of aromatic nitrogens is 1. The first-order valence-corrected chi connectivity index (χ1v) is 13.0. The number of carbonyl (C=O) groups excluding carboxylic acids is 4. The van der Waals surface area contributed by atoms with Crippen LogP contribution in [0, 0.1) is 11.8 Å². The van der Waals surface area contributed by atoms with E-state index in [-0.39, 0.29) is 18.2 Å². The van der Waals surface area contributed by atoms with Crippen LogP contribution in [0.25, 0.3) is 10.9 Å². The molecule has 1 aliphatic heterocycles. The molecule has 2 aliphatic rings. The van der Waals surface area contributed by atoms with Crippen molar-refractivity contribution in [3.63, 3.8) is 0 Å². The van der Waals surface area contributed by atoms with Gasteiger partial charge in [0.2, 0.25) is 11.8 Å². The lowest BCUT2D eigenvalue weighted by Gasteiger charge is -2.28. The summed E-state index contributed by atoms with van der Waals surface area (Å²) in [7, 11) is 2.82. The Hall–Kier alpha value is -3.56. The van der Waals surface area contributed by atoms with E-state index in [0.717, 1.165) is 36.6 Å². The SMILES string of the molecule is COC(=O)C(C[C@@H]1CCNC1=O)NC(=O)[C@H](CC1CCCCC1)NC(=O)c1cc2c(OC)cccc2[nH]1. The predicted octanol–water partition coefficient (Wildman–Crippen LogP) is 2.43. The van der Waals surface area contributed by atoms with E-state index >= 15 is 0 Å². The Morgan fingerprint density at radius 1 is 1.03 bits per heavy atom. The first-order valence-electron chi connectivity index (χ1n) is 13.0. The van der Waals surface area contributed by atoms with Crippen molar-refractivity contribution < 1.29 is 28.7 Å². The van der Waals surface area contributed by atoms with E-state index in [9.17, 15) is 19.2 Å². The smallest absolute Gasteiger partial charge is 0.328 e. The molecule has 37 heavy (non-hydrogen) atoms. The fourth-order valence-electron chi connectivity index (χ4n) is 5.43. The lowest BCUT2D eigenvalue weighted by molar-refractivity contribution is -0.146. The van der Waals surface area contributed by atoms with Gasteiger partial charge in [-0.2, -0.15) is 0 Å². The number of nitrogens with one attached hydrogen (secondary N) is 4. The van der Waals surface area contributed by atoms with Gasteiger partial charge in [-0.25, -0.2) is 4.79 Å². The minimum Gasteiger partial charge on any atom is -0.496 e. The van der Waals surface area contributed by atoms with E-state index in [0.29, 0.717) is 36.7 Å². The second-order valence-electron chi connectivity index (χ2n) is 9.97. The highest BCUT2D eigenvalue weighted by Crippen LogP contribution is 2.29. The van der Waals surface area contributed by atoms with Crippen LogP contribution < -0.4 is 20.7 Å². The zero-order valence-corrected chi connectivity index (χ0v) is 21.4. The Morgan fingerprint density at radius 3 is 2.49 bits per heavy atom. The van der Waals surface area contributed by atoms with Gasteiger partial charge in [-0.3, -0.25) is 14.4 Å². The molecule has 1 aromatic heterocycles. The number of rotatable bonds is 10. The lowest BCUT2D eigenvalue weighted by atomic mass is 9.84. The van der Waals surface area contributed by atoms with Gasteiger partial charge in [0.05, 0.1) is 14.2 Å². The molecule has 1 aliphatic carbocycles. The summed E-state index contributed by atoms with van der Waals surface area (Å²) in [6.07, 6.45) is 6.55. The molecule has 1 saturated carbocycles. The highest BCUT2D eigenvalue weighted by molar-refractivity contribution is 6.01. The average molecular weight is 513 g/mol. The van der Waals surface area contributed by atoms with Crippen molar-refractivity contribution in [1.29, 1.82) is 0 Å². The largest absolute Gasteiger partial charge is 0.496 e. The third kappa shape index (κ3) is 6.42. The standard InChI is InChI=1S/C27H36N4O6/c1-36-23-10-6-9-19-18(23)15-21(29-19)26(34)30-20(13-16-7-4-3-5-8-16)25(33)31-22(27(35)37-2)14-17-11-12-28-24(17)32/h6,9-10,15-17,20,22,29H,3-5,7-8,11-14H2,1-2H3,(H,28,32)(H,30,34)(H,31,33)/t17-,20-,22?/m0/s1. The molecule has 4 N–H and O–H groups in total. The highest BCUT2D eigenvalue weighted by Gasteiger charge is 2.34. The second-order valence-corrected chi connectivity index (χ2v) is 9.97. The molecule has 3 amide bonds. The second kappa shape index (κ2) is 12.1. The van der Waals surface area contributed by atoms with Gasteiger partial charge in [0.1, 0.15) is 23.5 Å². The van der Waals surface area contributed by atoms with Gasteiger partial charge in [-0.15, -0.1) is 0 Å². The molecule has 0 bridgehead atoms. The molecule has 1 aromatic carbocycles. The van der Waals surface area contributed by atoms with Gasteiger partial charge in [0.15, 0.2) is 0 Å². The molecule has 0 spiro atoms. The number of aromatic amines is 1. The molecule has 10 heteroatoms. The van der Waals surface area contributed by atoms with Crippen molar-refractivity contribution in [1.82, 2.24) is 20.9 Å². The number of amides is 3.